The molecule has 1 aromatic carbocycles. The van der Waals surface area contributed by atoms with Crippen LogP contribution >= 0.6 is 0 Å². The molecule has 1 N–H and O–H groups in total. The van der Waals surface area contributed by atoms with E-state index in [0.717, 1.165) is 19.3 Å². The Morgan fingerprint density at radius 2 is 1.97 bits per heavy atom. The van der Waals surface area contributed by atoms with Crippen LogP contribution in [0.25, 0.3) is 0 Å². The average Bonchev–Trinajstić information content (AvgIpc) is 3.07. The summed E-state index contributed by atoms with van der Waals surface area (Å²) < 4.78 is 5.11. The lowest BCUT2D eigenvalue weighted by Gasteiger charge is -2.13. The first-order valence-electron chi connectivity index (χ1n) is 10.9. The summed E-state index contributed by atoms with van der Waals surface area (Å²) >= 11 is 0. The van der Waals surface area contributed by atoms with Crippen molar-refractivity contribution >= 4 is 11.8 Å². The molecule has 4 nitrogen and oxygen atoms in total. The standard InChI is InChI=1S/C26H34O4/c1-20(2)30-26(29)13-9-4-3-8-12-24-22(16-19-25(24)28)15-18-23(27)17-14-21-10-6-5-7-11-21/h3,5-8,10-11,15-16,18-20,22-24,27H,4,9,12-14,17H2,1-2H3/b8-3-,18-15+/t22-,23-,24+/m0/s1. The number of aryl methyl sites for hydroxylation is 1. The number of hydrogen-bond donors (Lipinski definition) is 1. The van der Waals surface area contributed by atoms with E-state index < -0.39 is 6.10 Å². The number of aliphatic hydroxyl groups excluding tert-OH is 1. The molecule has 1 aromatic rings. The number of benzene rings is 1. The SMILES string of the molecule is CC(C)OC(=O)CCC/C=C\C[C@H]1C(=O)C=C[C@@H]1/C=C/[C@@H](O)CCc1ccccc1. The van der Waals surface area contributed by atoms with Crippen LogP contribution < -0.4 is 0 Å². The van der Waals surface area contributed by atoms with Gasteiger partial charge in [0.05, 0.1) is 12.2 Å². The molecule has 0 spiro atoms. The number of carbonyl (C=O) groups is 2. The van der Waals surface area contributed by atoms with Crippen LogP contribution in [0.4, 0.5) is 0 Å². The van der Waals surface area contributed by atoms with Gasteiger partial charge in [0, 0.05) is 18.3 Å². The Bertz CT molecular complexity index is 746. The predicted octanol–water partition coefficient (Wildman–Crippen LogP) is 4.98. The Labute approximate surface area is 180 Å². The highest BCUT2D eigenvalue weighted by molar-refractivity contribution is 5.95. The Hall–Kier alpha value is -2.46. The highest BCUT2D eigenvalue weighted by Crippen LogP contribution is 2.27. The van der Waals surface area contributed by atoms with Crippen molar-refractivity contribution in [2.45, 2.75) is 64.6 Å². The molecule has 0 radical (unpaired) electrons. The minimum Gasteiger partial charge on any atom is -0.463 e. The fraction of sp³-hybridized carbons (Fsp3) is 0.462. The van der Waals surface area contributed by atoms with E-state index in [0.29, 0.717) is 19.3 Å². The van der Waals surface area contributed by atoms with Crippen molar-refractivity contribution in [2.75, 3.05) is 0 Å². The lowest BCUT2D eigenvalue weighted by molar-refractivity contribution is -0.147. The maximum atomic E-state index is 12.2. The maximum Gasteiger partial charge on any atom is 0.306 e. The molecule has 0 saturated carbocycles. The lowest BCUT2D eigenvalue weighted by atomic mass is 9.90. The third kappa shape index (κ3) is 8.91. The molecule has 0 saturated heterocycles. The monoisotopic (exact) mass is 410 g/mol. The van der Waals surface area contributed by atoms with Gasteiger partial charge >= 0.3 is 5.97 Å². The second-order valence-electron chi connectivity index (χ2n) is 8.06. The molecule has 4 heteroatoms. The zero-order valence-corrected chi connectivity index (χ0v) is 18.1. The van der Waals surface area contributed by atoms with Crippen molar-refractivity contribution in [1.29, 1.82) is 0 Å². The topological polar surface area (TPSA) is 63.6 Å². The van der Waals surface area contributed by atoms with Crippen molar-refractivity contribution < 1.29 is 19.4 Å². The molecule has 0 amide bonds. The van der Waals surface area contributed by atoms with Gasteiger partial charge in [-0.3, -0.25) is 9.59 Å². The largest absolute Gasteiger partial charge is 0.463 e. The number of esters is 1. The summed E-state index contributed by atoms with van der Waals surface area (Å²) in [6, 6.07) is 10.1. The molecular formula is C26H34O4. The number of unbranched alkanes of at least 4 members (excludes halogenated alkanes) is 1. The summed E-state index contributed by atoms with van der Waals surface area (Å²) in [6.07, 6.45) is 14.9. The molecule has 1 aliphatic rings. The maximum absolute atomic E-state index is 12.2. The van der Waals surface area contributed by atoms with Gasteiger partial charge in [-0.1, -0.05) is 60.7 Å². The first-order valence-corrected chi connectivity index (χ1v) is 10.9. The third-order valence-electron chi connectivity index (χ3n) is 5.12. The minimum absolute atomic E-state index is 0.0227. The Morgan fingerprint density at radius 1 is 1.20 bits per heavy atom. The van der Waals surface area contributed by atoms with Gasteiger partial charge < -0.3 is 9.84 Å². The van der Waals surface area contributed by atoms with Gasteiger partial charge in [0.15, 0.2) is 5.78 Å². The smallest absolute Gasteiger partial charge is 0.306 e. The summed E-state index contributed by atoms with van der Waals surface area (Å²) in [4.78, 5) is 23.7. The predicted molar refractivity (Wildman–Crippen MR) is 120 cm³/mol. The molecule has 0 aromatic heterocycles. The molecule has 3 atom stereocenters. The molecule has 162 valence electrons. The van der Waals surface area contributed by atoms with Gasteiger partial charge in [-0.05, 0) is 57.6 Å². The average molecular weight is 411 g/mol. The van der Waals surface area contributed by atoms with E-state index in [4.69, 9.17) is 4.74 Å². The highest BCUT2D eigenvalue weighted by Gasteiger charge is 2.27. The lowest BCUT2D eigenvalue weighted by Crippen LogP contribution is -2.14. The highest BCUT2D eigenvalue weighted by atomic mass is 16.5. The number of ether oxygens (including phenoxy) is 1. The molecular weight excluding hydrogens is 376 g/mol. The number of aliphatic hydroxyl groups is 1. The fourth-order valence-corrected chi connectivity index (χ4v) is 3.48. The molecule has 2 rings (SSSR count). The van der Waals surface area contributed by atoms with Crippen molar-refractivity contribution in [3.05, 3.63) is 72.4 Å². The van der Waals surface area contributed by atoms with Gasteiger partial charge in [-0.15, -0.1) is 0 Å². The number of ketones is 1. The summed E-state index contributed by atoms with van der Waals surface area (Å²) in [6.45, 7) is 3.69. The van der Waals surface area contributed by atoms with Crippen LogP contribution in [0.5, 0.6) is 0 Å². The van der Waals surface area contributed by atoms with Crippen LogP contribution in [0.3, 0.4) is 0 Å². The number of rotatable bonds is 12. The van der Waals surface area contributed by atoms with Gasteiger partial charge in [0.2, 0.25) is 0 Å². The molecule has 0 bridgehead atoms. The van der Waals surface area contributed by atoms with Crippen LogP contribution in [-0.2, 0) is 20.7 Å². The molecule has 0 aliphatic heterocycles. The summed E-state index contributed by atoms with van der Waals surface area (Å²) in [7, 11) is 0. The van der Waals surface area contributed by atoms with E-state index in [1.54, 1.807) is 6.08 Å². The zero-order valence-electron chi connectivity index (χ0n) is 18.1. The normalized spacial score (nSPS) is 19.9. The minimum atomic E-state index is -0.518. The second kappa shape index (κ2) is 13.0. The van der Waals surface area contributed by atoms with Crippen LogP contribution in [0.15, 0.2) is 66.8 Å². The van der Waals surface area contributed by atoms with Gasteiger partial charge in [0.25, 0.3) is 0 Å². The summed E-state index contributed by atoms with van der Waals surface area (Å²) in [5.41, 5.74) is 1.21. The molecule has 0 heterocycles. The van der Waals surface area contributed by atoms with Crippen molar-refractivity contribution in [1.82, 2.24) is 0 Å². The van der Waals surface area contributed by atoms with Gasteiger partial charge in [-0.25, -0.2) is 0 Å². The summed E-state index contributed by atoms with van der Waals surface area (Å²) in [5.74, 6) is -0.113. The molecule has 0 unspecified atom stereocenters. The quantitative estimate of drug-likeness (QED) is 0.300. The first kappa shape index (κ1) is 23.8. The number of allylic oxidation sites excluding steroid dienone is 5. The number of carbonyl (C=O) groups excluding carboxylic acids is 2. The van der Waals surface area contributed by atoms with Gasteiger partial charge in [-0.2, -0.15) is 0 Å². The first-order chi connectivity index (χ1) is 14.5. The Morgan fingerprint density at radius 3 is 2.70 bits per heavy atom. The molecule has 30 heavy (non-hydrogen) atoms. The van der Waals surface area contributed by atoms with E-state index in [1.165, 1.54) is 5.56 Å². The van der Waals surface area contributed by atoms with Crippen LogP contribution in [0.2, 0.25) is 0 Å². The Balaban J connectivity index is 1.71. The van der Waals surface area contributed by atoms with Gasteiger partial charge in [0.1, 0.15) is 0 Å². The third-order valence-corrected chi connectivity index (χ3v) is 5.12. The van der Waals surface area contributed by atoms with Crippen molar-refractivity contribution in [3.8, 4) is 0 Å². The van der Waals surface area contributed by atoms with E-state index in [9.17, 15) is 14.7 Å². The van der Waals surface area contributed by atoms with Crippen LogP contribution in [-0.4, -0.2) is 29.1 Å². The van der Waals surface area contributed by atoms with E-state index in [-0.39, 0.29) is 29.7 Å². The molecule has 0 fully saturated rings. The molecule has 1 aliphatic carbocycles. The second-order valence-corrected chi connectivity index (χ2v) is 8.06. The Kier molecular flexibility index (Phi) is 10.3. The number of hydrogen-bond acceptors (Lipinski definition) is 4. The summed E-state index contributed by atoms with van der Waals surface area (Å²) in [5, 5.41) is 10.2. The van der Waals surface area contributed by atoms with E-state index in [1.807, 2.05) is 62.4 Å². The van der Waals surface area contributed by atoms with E-state index in [2.05, 4.69) is 12.1 Å². The zero-order chi connectivity index (χ0) is 21.8. The van der Waals surface area contributed by atoms with Crippen molar-refractivity contribution in [2.24, 2.45) is 11.8 Å². The van der Waals surface area contributed by atoms with E-state index >= 15 is 0 Å². The van der Waals surface area contributed by atoms with Crippen LogP contribution in [0, 0.1) is 11.8 Å². The van der Waals surface area contributed by atoms with Crippen LogP contribution in [0.1, 0.15) is 51.5 Å². The van der Waals surface area contributed by atoms with Crippen molar-refractivity contribution in [3.63, 3.8) is 0 Å². The fourth-order valence-electron chi connectivity index (χ4n) is 3.48.